The second kappa shape index (κ2) is 5.43. The van der Waals surface area contributed by atoms with Crippen LogP contribution in [-0.4, -0.2) is 19.1 Å². The molecule has 0 saturated carbocycles. The Morgan fingerprint density at radius 2 is 1.36 bits per heavy atom. The number of hydrogen-bond acceptors (Lipinski definition) is 1. The van der Waals surface area contributed by atoms with Gasteiger partial charge in [-0.3, -0.25) is 4.74 Å². The monoisotopic (exact) mass is 224 g/mol. The van der Waals surface area contributed by atoms with E-state index in [1.54, 1.807) is 0 Å². The van der Waals surface area contributed by atoms with E-state index in [-0.39, 0.29) is 19.3 Å². The van der Waals surface area contributed by atoms with Gasteiger partial charge >= 0.3 is 12.5 Å². The zero-order valence-corrected chi connectivity index (χ0v) is 7.21. The Bertz CT molecular complexity index is 131. The number of alkyl halides is 6. The first kappa shape index (κ1) is 13.5. The maximum absolute atomic E-state index is 11.5. The zero-order valence-electron chi connectivity index (χ0n) is 7.21. The molecular weight excluding hydrogens is 214 g/mol. The van der Waals surface area contributed by atoms with Gasteiger partial charge in [-0.2, -0.15) is 13.2 Å². The molecule has 7 heteroatoms. The third-order valence-corrected chi connectivity index (χ3v) is 1.37. The molecule has 0 heterocycles. The van der Waals surface area contributed by atoms with Gasteiger partial charge in [-0.15, -0.1) is 13.2 Å². The molecule has 0 bridgehead atoms. The molecule has 1 nitrogen and oxygen atoms in total. The molecule has 0 amide bonds. The first-order valence-corrected chi connectivity index (χ1v) is 3.98. The molecule has 0 rings (SSSR count). The van der Waals surface area contributed by atoms with E-state index in [1.807, 2.05) is 0 Å². The molecule has 0 spiro atoms. The number of hydrogen-bond donors (Lipinski definition) is 0. The number of unbranched alkanes of at least 4 members (excludes halogenated alkanes) is 2. The van der Waals surface area contributed by atoms with Crippen molar-refractivity contribution in [3.05, 3.63) is 0 Å². The Morgan fingerprint density at radius 3 is 1.79 bits per heavy atom. The number of ether oxygens (including phenoxy) is 1. The lowest BCUT2D eigenvalue weighted by Crippen LogP contribution is -2.14. The first-order chi connectivity index (χ1) is 6.21. The van der Waals surface area contributed by atoms with Gasteiger partial charge in [0.25, 0.3) is 0 Å². The van der Waals surface area contributed by atoms with E-state index < -0.39 is 25.6 Å². The van der Waals surface area contributed by atoms with Gasteiger partial charge in [-0.25, -0.2) is 0 Å². The van der Waals surface area contributed by atoms with Crippen molar-refractivity contribution >= 4 is 0 Å². The fraction of sp³-hybridized carbons (Fsp3) is 1.00. The molecule has 0 aliphatic carbocycles. The van der Waals surface area contributed by atoms with Crippen molar-refractivity contribution in [3.63, 3.8) is 0 Å². The van der Waals surface area contributed by atoms with Gasteiger partial charge in [0.2, 0.25) is 0 Å². The van der Waals surface area contributed by atoms with Gasteiger partial charge < -0.3 is 0 Å². The normalized spacial score (nSPS) is 13.3. The molecule has 0 aromatic carbocycles. The predicted molar refractivity (Wildman–Crippen MR) is 36.5 cm³/mol. The first-order valence-electron chi connectivity index (χ1n) is 3.98. The highest BCUT2D eigenvalue weighted by Crippen LogP contribution is 2.23. The lowest BCUT2D eigenvalue weighted by molar-refractivity contribution is -0.324. The maximum Gasteiger partial charge on any atom is 0.522 e. The molecule has 14 heavy (non-hydrogen) atoms. The highest BCUT2D eigenvalue weighted by molar-refractivity contribution is 4.51. The van der Waals surface area contributed by atoms with E-state index in [2.05, 4.69) is 4.74 Å². The Hall–Kier alpha value is -0.460. The fourth-order valence-corrected chi connectivity index (χ4v) is 0.792. The van der Waals surface area contributed by atoms with Crippen LogP contribution in [0.25, 0.3) is 0 Å². The summed E-state index contributed by atoms with van der Waals surface area (Å²) >= 11 is 0. The predicted octanol–water partition coefficient (Wildman–Crippen LogP) is 3.65. The highest BCUT2D eigenvalue weighted by Gasteiger charge is 2.29. The molecule has 0 aromatic heterocycles. The van der Waals surface area contributed by atoms with Gasteiger partial charge in [-0.05, 0) is 12.8 Å². The van der Waals surface area contributed by atoms with Gasteiger partial charge in [0.05, 0.1) is 6.61 Å². The van der Waals surface area contributed by atoms with Crippen molar-refractivity contribution in [2.75, 3.05) is 6.61 Å². The molecule has 0 fully saturated rings. The summed E-state index contributed by atoms with van der Waals surface area (Å²) in [4.78, 5) is 0. The maximum atomic E-state index is 11.5. The van der Waals surface area contributed by atoms with Crippen LogP contribution in [-0.2, 0) is 4.74 Å². The smallest absolute Gasteiger partial charge is 0.292 e. The van der Waals surface area contributed by atoms with E-state index in [9.17, 15) is 26.3 Å². The quantitative estimate of drug-likeness (QED) is 0.511. The minimum atomic E-state index is -4.69. The van der Waals surface area contributed by atoms with Gasteiger partial charge in [0.15, 0.2) is 0 Å². The van der Waals surface area contributed by atoms with Crippen molar-refractivity contribution in [2.24, 2.45) is 0 Å². The van der Waals surface area contributed by atoms with Gasteiger partial charge in [0.1, 0.15) is 0 Å². The minimum Gasteiger partial charge on any atom is -0.292 e. The fourth-order valence-electron chi connectivity index (χ4n) is 0.792. The van der Waals surface area contributed by atoms with Crippen molar-refractivity contribution < 1.29 is 31.1 Å². The largest absolute Gasteiger partial charge is 0.522 e. The van der Waals surface area contributed by atoms with Crippen molar-refractivity contribution in [2.45, 2.75) is 38.2 Å². The summed E-state index contributed by atoms with van der Waals surface area (Å²) < 4.78 is 72.1. The van der Waals surface area contributed by atoms with Gasteiger partial charge in [-0.1, -0.05) is 6.42 Å². The Morgan fingerprint density at radius 1 is 0.786 bits per heavy atom. The average molecular weight is 224 g/mol. The molecule has 0 unspecified atom stereocenters. The van der Waals surface area contributed by atoms with Crippen LogP contribution in [0.4, 0.5) is 26.3 Å². The minimum absolute atomic E-state index is 0.0183. The van der Waals surface area contributed by atoms with E-state index in [0.717, 1.165) is 0 Å². The molecule has 0 saturated heterocycles. The SMILES string of the molecule is FC(F)(F)CCCCCOC(F)(F)F. The average Bonchev–Trinajstić information content (AvgIpc) is 1.92. The van der Waals surface area contributed by atoms with Crippen LogP contribution in [0.3, 0.4) is 0 Å². The Balaban J connectivity index is 3.23. The lowest BCUT2D eigenvalue weighted by Gasteiger charge is -2.07. The molecule has 0 aromatic rings. The molecule has 0 aliphatic rings. The third-order valence-electron chi connectivity index (χ3n) is 1.37. The summed E-state index contributed by atoms with van der Waals surface area (Å²) in [5.41, 5.74) is 0. The molecular formula is C7H10F6O. The number of halogens is 6. The van der Waals surface area contributed by atoms with Crippen LogP contribution in [0.15, 0.2) is 0 Å². The Labute approximate surface area is 77.0 Å². The van der Waals surface area contributed by atoms with Crippen molar-refractivity contribution in [3.8, 4) is 0 Å². The molecule has 0 atom stereocenters. The second-order valence-electron chi connectivity index (χ2n) is 2.72. The zero-order chi connectivity index (χ0) is 11.2. The van der Waals surface area contributed by atoms with Crippen LogP contribution in [0, 0.1) is 0 Å². The van der Waals surface area contributed by atoms with Crippen LogP contribution in [0.1, 0.15) is 25.7 Å². The standard InChI is InChI=1S/C7H10F6O/c8-6(9,10)4-2-1-3-5-14-7(11,12)13/h1-5H2. The van der Waals surface area contributed by atoms with E-state index in [4.69, 9.17) is 0 Å². The van der Waals surface area contributed by atoms with Crippen LogP contribution < -0.4 is 0 Å². The lowest BCUT2D eigenvalue weighted by atomic mass is 10.2. The van der Waals surface area contributed by atoms with Crippen molar-refractivity contribution in [1.29, 1.82) is 0 Å². The highest BCUT2D eigenvalue weighted by atomic mass is 19.4. The second-order valence-corrected chi connectivity index (χ2v) is 2.72. The van der Waals surface area contributed by atoms with Crippen LogP contribution in [0.2, 0.25) is 0 Å². The van der Waals surface area contributed by atoms with E-state index >= 15 is 0 Å². The number of rotatable bonds is 5. The summed E-state index contributed by atoms with van der Waals surface area (Å²) in [5, 5.41) is 0. The van der Waals surface area contributed by atoms with E-state index in [1.165, 1.54) is 0 Å². The summed E-state index contributed by atoms with van der Waals surface area (Å²) in [5.74, 6) is 0. The molecule has 0 aliphatic heterocycles. The topological polar surface area (TPSA) is 9.23 Å². The molecule has 0 N–H and O–H groups in total. The summed E-state index contributed by atoms with van der Waals surface area (Å²) in [6, 6.07) is 0. The molecule has 0 radical (unpaired) electrons. The summed E-state index contributed by atoms with van der Waals surface area (Å²) in [6.45, 7) is -0.582. The van der Waals surface area contributed by atoms with E-state index in [0.29, 0.717) is 0 Å². The summed E-state index contributed by atoms with van der Waals surface area (Å²) in [7, 11) is 0. The summed E-state index contributed by atoms with van der Waals surface area (Å²) in [6.07, 6.45) is -9.98. The van der Waals surface area contributed by atoms with Crippen molar-refractivity contribution in [1.82, 2.24) is 0 Å². The van der Waals surface area contributed by atoms with Gasteiger partial charge in [0, 0.05) is 6.42 Å². The third kappa shape index (κ3) is 11.5. The Kier molecular flexibility index (Phi) is 5.25. The molecule has 86 valence electrons. The van der Waals surface area contributed by atoms with Crippen LogP contribution in [0.5, 0.6) is 0 Å². The van der Waals surface area contributed by atoms with Crippen LogP contribution >= 0.6 is 0 Å².